The minimum atomic E-state index is -3.09. The van der Waals surface area contributed by atoms with E-state index in [-0.39, 0.29) is 36.0 Å². The van der Waals surface area contributed by atoms with Crippen molar-refractivity contribution in [1.82, 2.24) is 4.57 Å². The van der Waals surface area contributed by atoms with E-state index in [1.165, 1.54) is 17.8 Å². The summed E-state index contributed by atoms with van der Waals surface area (Å²) >= 11 is 0. The van der Waals surface area contributed by atoms with Crippen molar-refractivity contribution in [3.63, 3.8) is 0 Å². The van der Waals surface area contributed by atoms with Crippen LogP contribution in [0, 0.1) is 17.7 Å². The van der Waals surface area contributed by atoms with E-state index in [4.69, 9.17) is 8.95 Å². The molecule has 6 nitrogen and oxygen atoms in total. The Balaban J connectivity index is 1.41. The molecule has 2 atom stereocenters. The lowest BCUT2D eigenvalue weighted by molar-refractivity contribution is -0.138. The van der Waals surface area contributed by atoms with E-state index in [2.05, 4.69) is 51.0 Å². The summed E-state index contributed by atoms with van der Waals surface area (Å²) in [6.45, 7) is 11.5. The van der Waals surface area contributed by atoms with Crippen molar-refractivity contribution in [1.29, 1.82) is 0 Å². The molecule has 5 rings (SSSR count). The molecule has 4 aromatic rings. The predicted octanol–water partition coefficient (Wildman–Crippen LogP) is 8.28. The van der Waals surface area contributed by atoms with Gasteiger partial charge in [0, 0.05) is 23.5 Å². The van der Waals surface area contributed by atoms with Crippen LogP contribution in [-0.2, 0) is 31.3 Å². The van der Waals surface area contributed by atoms with Gasteiger partial charge < -0.3 is 14.1 Å². The van der Waals surface area contributed by atoms with E-state index in [0.29, 0.717) is 0 Å². The van der Waals surface area contributed by atoms with Gasteiger partial charge in [-0.15, -0.1) is 4.52 Å². The number of rotatable bonds is 12. The lowest BCUT2D eigenvalue weighted by Crippen LogP contribution is -2.68. The molecule has 49 heavy (non-hydrogen) atoms. The number of aliphatic carboxylic acids is 1. The Morgan fingerprint density at radius 3 is 2.14 bits per heavy atom. The van der Waals surface area contributed by atoms with Crippen LogP contribution in [0.1, 0.15) is 76.8 Å². The van der Waals surface area contributed by atoms with Gasteiger partial charge in [-0.1, -0.05) is 119 Å². The van der Waals surface area contributed by atoms with E-state index >= 15 is 0 Å². The van der Waals surface area contributed by atoms with Crippen LogP contribution in [0.2, 0.25) is 5.04 Å². The molecule has 256 valence electrons. The smallest absolute Gasteiger partial charge is 0.481 e. The van der Waals surface area contributed by atoms with Crippen LogP contribution in [-0.4, -0.2) is 42.8 Å². The number of nitrogens with zero attached hydrogens (tertiary/aromatic N) is 1. The second kappa shape index (κ2) is 15.8. The van der Waals surface area contributed by atoms with E-state index in [1.807, 2.05) is 60.7 Å². The van der Waals surface area contributed by atoms with Crippen LogP contribution in [0.4, 0.5) is 4.39 Å². The number of carboxylic acid groups (broad SMARTS) is 1. The second-order valence-corrected chi connectivity index (χ2v) is 19.5. The first-order valence-corrected chi connectivity index (χ1v) is 20.3. The molecular weight excluding hydrogens is 653 g/mol. The second-order valence-electron chi connectivity index (χ2n) is 13.9. The van der Waals surface area contributed by atoms with Crippen LogP contribution < -0.4 is 10.4 Å². The number of benzene rings is 3. The van der Waals surface area contributed by atoms with E-state index < -0.39 is 28.4 Å². The molecule has 0 radical (unpaired) electrons. The first-order chi connectivity index (χ1) is 23.4. The zero-order valence-electron chi connectivity index (χ0n) is 29.0. The standard InChI is InChI=1S/C40H45FNO5PSi/c1-29(2)39-35(38(30-21-23-31(41)24-22-30)36-20-12-13-25-42(36)39)19-14-26-46-48(45)28-32(27-37(43)44)47-49(40(3,4)5,33-15-8-6-9-16-33)34-17-10-7-11-18-34/h6-11,15-18,21-24,29,32H,12-13,20,25-28H2,1-5H3/p+1. The minimum Gasteiger partial charge on any atom is -0.481 e. The molecule has 0 bridgehead atoms. The highest BCUT2D eigenvalue weighted by Gasteiger charge is 2.52. The molecule has 2 heterocycles. The number of halogens is 1. The van der Waals surface area contributed by atoms with Crippen molar-refractivity contribution in [2.75, 3.05) is 12.8 Å². The van der Waals surface area contributed by atoms with Gasteiger partial charge in [-0.2, -0.15) is 0 Å². The van der Waals surface area contributed by atoms with Crippen molar-refractivity contribution in [3.05, 3.63) is 108 Å². The Morgan fingerprint density at radius 1 is 0.980 bits per heavy atom. The number of hydrogen-bond donors (Lipinski definition) is 1. The molecular formula is C40H46FNO5PSi+. The van der Waals surface area contributed by atoms with Crippen molar-refractivity contribution >= 4 is 32.7 Å². The van der Waals surface area contributed by atoms with Crippen molar-refractivity contribution in [3.8, 4) is 23.0 Å². The summed E-state index contributed by atoms with van der Waals surface area (Å²) in [5.74, 6) is 5.34. The fourth-order valence-electron chi connectivity index (χ4n) is 7.15. The SMILES string of the molecule is CC(C)c1c(C#CCO[P+](=O)CC(CC(=O)O)O[Si](c2ccccc2)(c2ccccc2)C(C)(C)C)c(-c2ccc(F)cc2)c2n1CCCC2. The lowest BCUT2D eigenvalue weighted by Gasteiger charge is -2.44. The molecule has 0 aliphatic carbocycles. The van der Waals surface area contributed by atoms with Gasteiger partial charge in [-0.3, -0.25) is 4.79 Å². The Labute approximate surface area is 291 Å². The average Bonchev–Trinajstić information content (AvgIpc) is 3.40. The molecule has 9 heteroatoms. The Bertz CT molecular complexity index is 1780. The Kier molecular flexibility index (Phi) is 11.7. The normalized spacial score (nSPS) is 14.1. The average molecular weight is 699 g/mol. The number of hydrogen-bond acceptors (Lipinski definition) is 4. The zero-order valence-corrected chi connectivity index (χ0v) is 30.9. The van der Waals surface area contributed by atoms with E-state index in [0.717, 1.165) is 58.6 Å². The third kappa shape index (κ3) is 8.14. The number of fused-ring (bicyclic) bond motifs is 1. The van der Waals surface area contributed by atoms with Gasteiger partial charge in [-0.05, 0) is 62.9 Å². The third-order valence-corrected chi connectivity index (χ3v) is 15.4. The van der Waals surface area contributed by atoms with Gasteiger partial charge in [0.1, 0.15) is 11.9 Å². The van der Waals surface area contributed by atoms with Crippen LogP contribution in [0.25, 0.3) is 11.1 Å². The van der Waals surface area contributed by atoms with E-state index in [1.54, 1.807) is 12.1 Å². The highest BCUT2D eigenvalue weighted by atomic mass is 31.1. The molecule has 0 amide bonds. The molecule has 3 aromatic carbocycles. The van der Waals surface area contributed by atoms with Gasteiger partial charge in [0.2, 0.25) is 6.16 Å². The first-order valence-electron chi connectivity index (χ1n) is 17.0. The van der Waals surface area contributed by atoms with Gasteiger partial charge in [0.25, 0.3) is 8.32 Å². The summed E-state index contributed by atoms with van der Waals surface area (Å²) in [5, 5.41) is 11.6. The third-order valence-electron chi connectivity index (χ3n) is 9.15. The Hall–Kier alpha value is -3.86. The zero-order chi connectivity index (χ0) is 35.2. The number of carboxylic acids is 1. The molecule has 2 unspecified atom stereocenters. The van der Waals surface area contributed by atoms with Crippen molar-refractivity contribution < 1.29 is 27.8 Å². The van der Waals surface area contributed by atoms with Crippen LogP contribution in [0.15, 0.2) is 84.9 Å². The van der Waals surface area contributed by atoms with Crippen LogP contribution in [0.3, 0.4) is 0 Å². The molecule has 0 saturated carbocycles. The summed E-state index contributed by atoms with van der Waals surface area (Å²) in [4.78, 5) is 12.1. The molecule has 0 saturated heterocycles. The molecule has 0 spiro atoms. The fourth-order valence-corrected chi connectivity index (χ4v) is 12.8. The predicted molar refractivity (Wildman–Crippen MR) is 197 cm³/mol. The molecule has 1 aliphatic heterocycles. The summed E-state index contributed by atoms with van der Waals surface area (Å²) in [7, 11) is -5.39. The minimum absolute atomic E-state index is 0.0770. The van der Waals surface area contributed by atoms with E-state index in [9.17, 15) is 18.9 Å². The van der Waals surface area contributed by atoms with Gasteiger partial charge in [0.05, 0.1) is 12.0 Å². The van der Waals surface area contributed by atoms with Crippen molar-refractivity contribution in [2.24, 2.45) is 0 Å². The molecule has 1 aromatic heterocycles. The highest BCUT2D eigenvalue weighted by molar-refractivity contribution is 7.39. The maximum atomic E-state index is 13.9. The maximum Gasteiger partial charge on any atom is 0.511 e. The number of aromatic nitrogens is 1. The summed E-state index contributed by atoms with van der Waals surface area (Å²) < 4.78 is 42.5. The van der Waals surface area contributed by atoms with Crippen LogP contribution >= 0.6 is 8.03 Å². The summed E-state index contributed by atoms with van der Waals surface area (Å²) in [6, 6.07) is 26.5. The largest absolute Gasteiger partial charge is 0.511 e. The Morgan fingerprint density at radius 2 is 1.59 bits per heavy atom. The van der Waals surface area contributed by atoms with Crippen molar-refractivity contribution in [2.45, 2.75) is 83.9 Å². The number of carbonyl (C=O) groups is 1. The van der Waals surface area contributed by atoms with Gasteiger partial charge in [-0.25, -0.2) is 4.39 Å². The lowest BCUT2D eigenvalue weighted by atomic mass is 9.96. The summed E-state index contributed by atoms with van der Waals surface area (Å²) in [5.41, 5.74) is 5.21. The topological polar surface area (TPSA) is 77.8 Å². The fraction of sp³-hybridized carbons (Fsp3) is 0.375. The van der Waals surface area contributed by atoms with Gasteiger partial charge in [0.15, 0.2) is 6.61 Å². The first kappa shape index (κ1) is 36.4. The summed E-state index contributed by atoms with van der Waals surface area (Å²) in [6.07, 6.45) is 1.86. The van der Waals surface area contributed by atoms with Gasteiger partial charge >= 0.3 is 14.0 Å². The quantitative estimate of drug-likeness (QED) is 0.0916. The van der Waals surface area contributed by atoms with Crippen LogP contribution in [0.5, 0.6) is 0 Å². The molecule has 0 fully saturated rings. The maximum absolute atomic E-state index is 13.9. The monoisotopic (exact) mass is 698 g/mol. The molecule has 1 N–H and O–H groups in total. The highest BCUT2D eigenvalue weighted by Crippen LogP contribution is 2.40. The molecule has 1 aliphatic rings.